The van der Waals surface area contributed by atoms with Crippen molar-refractivity contribution in [2.45, 2.75) is 58.0 Å². The Morgan fingerprint density at radius 1 is 1.25 bits per heavy atom. The fraction of sp³-hybridized carbons (Fsp3) is 0.643. The smallest absolute Gasteiger partial charge is 0.287 e. The van der Waals surface area contributed by atoms with Crippen LogP contribution >= 0.6 is 0 Å². The van der Waals surface area contributed by atoms with Gasteiger partial charge in [-0.3, -0.25) is 4.98 Å². The molecule has 0 radical (unpaired) electrons. The Kier molecular flexibility index (Phi) is 3.69. The molecule has 0 aromatic carbocycles. The van der Waals surface area contributed by atoms with Crippen molar-refractivity contribution in [2.24, 2.45) is 0 Å². The number of alkyl halides is 4. The minimum atomic E-state index is -3.25. The van der Waals surface area contributed by atoms with Gasteiger partial charge >= 0.3 is 0 Å². The number of aromatic nitrogens is 1. The van der Waals surface area contributed by atoms with Gasteiger partial charge < -0.3 is 4.74 Å². The molecule has 0 spiro atoms. The highest BCUT2D eigenvalue weighted by Crippen LogP contribution is 2.51. The average Bonchev–Trinajstić information content (AvgIpc) is 2.53. The summed E-state index contributed by atoms with van der Waals surface area (Å²) in [4.78, 5) is 3.69. The lowest BCUT2D eigenvalue weighted by atomic mass is 9.98. The van der Waals surface area contributed by atoms with Crippen LogP contribution in [-0.4, -0.2) is 17.3 Å². The second-order valence-electron chi connectivity index (χ2n) is 5.49. The van der Waals surface area contributed by atoms with Crippen LogP contribution < -0.4 is 4.74 Å². The molecular weight excluding hydrogens is 274 g/mol. The summed E-state index contributed by atoms with van der Waals surface area (Å²) in [5.41, 5.74) is -0.750. The standard InChI is InChI=1S/C14H17F4NO/c1-6(2)20-8-5-19-13(14(4,17)18)9-7(3)11(15)12(16)10(8)9/h5-7,11-12H,1-4H3/t7-,11-,12+/m0/s1. The summed E-state index contributed by atoms with van der Waals surface area (Å²) in [6.45, 7) is 5.49. The third-order valence-corrected chi connectivity index (χ3v) is 3.39. The summed E-state index contributed by atoms with van der Waals surface area (Å²) in [6, 6.07) is 0. The Balaban J connectivity index is 2.65. The van der Waals surface area contributed by atoms with E-state index in [1.54, 1.807) is 13.8 Å². The number of rotatable bonds is 3. The number of hydrogen-bond donors (Lipinski definition) is 0. The van der Waals surface area contributed by atoms with Gasteiger partial charge in [-0.05, 0) is 19.4 Å². The summed E-state index contributed by atoms with van der Waals surface area (Å²) in [5.74, 6) is -4.18. The summed E-state index contributed by atoms with van der Waals surface area (Å²) >= 11 is 0. The maximum absolute atomic E-state index is 14.1. The van der Waals surface area contributed by atoms with E-state index in [-0.39, 0.29) is 23.0 Å². The highest BCUT2D eigenvalue weighted by molar-refractivity contribution is 5.50. The summed E-state index contributed by atoms with van der Waals surface area (Å²) in [6.07, 6.45) is -3.04. The molecule has 1 aliphatic carbocycles. The molecule has 6 heteroatoms. The SMILES string of the molecule is CC(C)Oc1cnc(C(C)(F)F)c2c1[C@@H](F)[C@@H](F)[C@H]2C. The second kappa shape index (κ2) is 4.90. The quantitative estimate of drug-likeness (QED) is 0.768. The maximum Gasteiger partial charge on any atom is 0.287 e. The molecule has 1 aromatic rings. The molecule has 0 saturated carbocycles. The Hall–Kier alpha value is -1.33. The van der Waals surface area contributed by atoms with E-state index >= 15 is 0 Å². The molecule has 0 bridgehead atoms. The third kappa shape index (κ3) is 2.36. The van der Waals surface area contributed by atoms with Crippen LogP contribution in [-0.2, 0) is 5.92 Å². The highest BCUT2D eigenvalue weighted by Gasteiger charge is 2.46. The molecule has 1 aliphatic rings. The lowest BCUT2D eigenvalue weighted by Crippen LogP contribution is -2.16. The van der Waals surface area contributed by atoms with Gasteiger partial charge in [0.25, 0.3) is 5.92 Å². The van der Waals surface area contributed by atoms with Crippen LogP contribution in [0.1, 0.15) is 56.6 Å². The van der Waals surface area contributed by atoms with E-state index in [1.165, 1.54) is 6.92 Å². The molecule has 0 aliphatic heterocycles. The van der Waals surface area contributed by atoms with Crippen LogP contribution in [0.3, 0.4) is 0 Å². The first-order chi connectivity index (χ1) is 9.14. The summed E-state index contributed by atoms with van der Waals surface area (Å²) in [7, 11) is 0. The monoisotopic (exact) mass is 291 g/mol. The zero-order chi connectivity index (χ0) is 15.2. The molecule has 0 saturated heterocycles. The van der Waals surface area contributed by atoms with Crippen LogP contribution in [0.4, 0.5) is 17.6 Å². The van der Waals surface area contributed by atoms with Gasteiger partial charge in [0.1, 0.15) is 17.6 Å². The molecule has 0 amide bonds. The number of pyridine rings is 1. The van der Waals surface area contributed by atoms with E-state index in [0.29, 0.717) is 6.92 Å². The van der Waals surface area contributed by atoms with Crippen molar-refractivity contribution < 1.29 is 22.3 Å². The highest BCUT2D eigenvalue weighted by atomic mass is 19.3. The molecule has 3 atom stereocenters. The number of hydrogen-bond acceptors (Lipinski definition) is 2. The number of halogens is 4. The van der Waals surface area contributed by atoms with Crippen molar-refractivity contribution >= 4 is 0 Å². The first-order valence-electron chi connectivity index (χ1n) is 6.50. The third-order valence-electron chi connectivity index (χ3n) is 3.39. The van der Waals surface area contributed by atoms with Gasteiger partial charge in [0.15, 0.2) is 6.17 Å². The Labute approximate surface area is 115 Å². The first-order valence-corrected chi connectivity index (χ1v) is 6.50. The van der Waals surface area contributed by atoms with Crippen molar-refractivity contribution in [3.8, 4) is 5.75 Å². The molecule has 0 N–H and O–H groups in total. The minimum Gasteiger partial charge on any atom is -0.489 e. The fourth-order valence-corrected chi connectivity index (χ4v) is 2.54. The molecule has 0 unspecified atom stereocenters. The van der Waals surface area contributed by atoms with Crippen molar-refractivity contribution in [2.75, 3.05) is 0 Å². The predicted molar refractivity (Wildman–Crippen MR) is 66.7 cm³/mol. The Bertz CT molecular complexity index is 513. The van der Waals surface area contributed by atoms with Gasteiger partial charge in [-0.1, -0.05) is 6.92 Å². The lowest BCUT2D eigenvalue weighted by molar-refractivity contribution is 0.0112. The maximum atomic E-state index is 14.1. The second-order valence-corrected chi connectivity index (χ2v) is 5.49. The van der Waals surface area contributed by atoms with E-state index in [1.807, 2.05) is 0 Å². The zero-order valence-electron chi connectivity index (χ0n) is 11.8. The van der Waals surface area contributed by atoms with E-state index < -0.39 is 29.9 Å². The van der Waals surface area contributed by atoms with Crippen LogP contribution in [0, 0.1) is 0 Å². The number of ether oxygens (including phenoxy) is 1. The van der Waals surface area contributed by atoms with Gasteiger partial charge in [0, 0.05) is 18.4 Å². The van der Waals surface area contributed by atoms with Crippen molar-refractivity contribution in [1.82, 2.24) is 4.98 Å². The topological polar surface area (TPSA) is 22.1 Å². The summed E-state index contributed by atoms with van der Waals surface area (Å²) in [5, 5.41) is 0. The van der Waals surface area contributed by atoms with Crippen molar-refractivity contribution in [1.29, 1.82) is 0 Å². The summed E-state index contributed by atoms with van der Waals surface area (Å²) < 4.78 is 60.5. The van der Waals surface area contributed by atoms with Gasteiger partial charge in [0.05, 0.1) is 12.3 Å². The predicted octanol–water partition coefficient (Wildman–Crippen LogP) is 4.45. The largest absolute Gasteiger partial charge is 0.489 e. The number of fused-ring (bicyclic) bond motifs is 1. The van der Waals surface area contributed by atoms with Crippen LogP contribution in [0.25, 0.3) is 0 Å². The molecule has 112 valence electrons. The van der Waals surface area contributed by atoms with Gasteiger partial charge in [-0.15, -0.1) is 0 Å². The normalized spacial score (nSPS) is 25.9. The Morgan fingerprint density at radius 3 is 2.35 bits per heavy atom. The van der Waals surface area contributed by atoms with Crippen LogP contribution in [0.2, 0.25) is 0 Å². The zero-order valence-corrected chi connectivity index (χ0v) is 11.8. The van der Waals surface area contributed by atoms with Crippen LogP contribution in [0.5, 0.6) is 5.75 Å². The van der Waals surface area contributed by atoms with Crippen molar-refractivity contribution in [3.63, 3.8) is 0 Å². The van der Waals surface area contributed by atoms with Crippen LogP contribution in [0.15, 0.2) is 6.20 Å². The van der Waals surface area contributed by atoms with Gasteiger partial charge in [-0.2, -0.15) is 8.78 Å². The molecule has 0 fully saturated rings. The Morgan fingerprint density at radius 2 is 1.85 bits per heavy atom. The first kappa shape index (κ1) is 15.1. The molecule has 1 heterocycles. The van der Waals surface area contributed by atoms with Gasteiger partial charge in [-0.25, -0.2) is 8.78 Å². The molecule has 2 nitrogen and oxygen atoms in total. The molecule has 20 heavy (non-hydrogen) atoms. The van der Waals surface area contributed by atoms with E-state index in [0.717, 1.165) is 6.20 Å². The molecule has 1 aromatic heterocycles. The lowest BCUT2D eigenvalue weighted by Gasteiger charge is -2.19. The van der Waals surface area contributed by atoms with E-state index in [4.69, 9.17) is 4.74 Å². The average molecular weight is 291 g/mol. The molecule has 2 rings (SSSR count). The fourth-order valence-electron chi connectivity index (χ4n) is 2.54. The molecular formula is C14H17F4NO. The van der Waals surface area contributed by atoms with E-state index in [2.05, 4.69) is 4.98 Å². The van der Waals surface area contributed by atoms with E-state index in [9.17, 15) is 17.6 Å². The van der Waals surface area contributed by atoms with Crippen molar-refractivity contribution in [3.05, 3.63) is 23.0 Å². The minimum absolute atomic E-state index is 0.0440. The number of nitrogens with zero attached hydrogens (tertiary/aromatic N) is 1. The van der Waals surface area contributed by atoms with Gasteiger partial charge in [0.2, 0.25) is 0 Å².